The molecule has 0 saturated heterocycles. The molecule has 96 valence electrons. The maximum atomic E-state index is 5.97. The number of ether oxygens (including phenoxy) is 1. The van der Waals surface area contributed by atoms with Gasteiger partial charge >= 0.3 is 0 Å². The maximum absolute atomic E-state index is 5.97. The van der Waals surface area contributed by atoms with Gasteiger partial charge in [-0.15, -0.1) is 0 Å². The lowest BCUT2D eigenvalue weighted by Gasteiger charge is -2.14. The molecule has 0 atom stereocenters. The molecule has 0 aliphatic heterocycles. The van der Waals surface area contributed by atoms with Crippen LogP contribution in [0.5, 0.6) is 0 Å². The van der Waals surface area contributed by atoms with Crippen molar-refractivity contribution in [3.05, 3.63) is 23.7 Å². The molecule has 1 aromatic heterocycles. The normalized spacial score (nSPS) is 18.2. The van der Waals surface area contributed by atoms with Crippen LogP contribution in [-0.4, -0.2) is 13.2 Å². The molecule has 0 radical (unpaired) electrons. The van der Waals surface area contributed by atoms with E-state index in [9.17, 15) is 0 Å². The highest BCUT2D eigenvalue weighted by molar-refractivity contribution is 5.15. The SMILES string of the molecule is CNCc1ccoc1COC1CCCCCC1. The smallest absolute Gasteiger partial charge is 0.133 e. The van der Waals surface area contributed by atoms with Gasteiger partial charge in [0.2, 0.25) is 0 Å². The van der Waals surface area contributed by atoms with E-state index in [0.717, 1.165) is 12.3 Å². The molecular formula is C14H23NO2. The summed E-state index contributed by atoms with van der Waals surface area (Å²) in [6, 6.07) is 2.02. The zero-order valence-corrected chi connectivity index (χ0v) is 10.7. The molecule has 0 bridgehead atoms. The Hall–Kier alpha value is -0.800. The molecule has 1 aromatic rings. The summed E-state index contributed by atoms with van der Waals surface area (Å²) in [5.74, 6) is 0.976. The van der Waals surface area contributed by atoms with Crippen LogP contribution < -0.4 is 5.32 Å². The van der Waals surface area contributed by atoms with Crippen LogP contribution in [0, 0.1) is 0 Å². The Morgan fingerprint density at radius 3 is 2.76 bits per heavy atom. The minimum Gasteiger partial charge on any atom is -0.467 e. The molecule has 1 aliphatic rings. The molecule has 1 fully saturated rings. The van der Waals surface area contributed by atoms with Crippen molar-refractivity contribution in [2.45, 2.75) is 57.8 Å². The summed E-state index contributed by atoms with van der Waals surface area (Å²) in [5.41, 5.74) is 1.21. The quantitative estimate of drug-likeness (QED) is 0.798. The molecular weight excluding hydrogens is 214 g/mol. The Morgan fingerprint density at radius 1 is 1.29 bits per heavy atom. The monoisotopic (exact) mass is 237 g/mol. The van der Waals surface area contributed by atoms with Crippen LogP contribution in [0.3, 0.4) is 0 Å². The van der Waals surface area contributed by atoms with Gasteiger partial charge in [-0.05, 0) is 26.0 Å². The van der Waals surface area contributed by atoms with Crippen molar-refractivity contribution in [1.82, 2.24) is 5.32 Å². The number of furan rings is 1. The Morgan fingerprint density at radius 2 is 2.06 bits per heavy atom. The largest absolute Gasteiger partial charge is 0.467 e. The lowest BCUT2D eigenvalue weighted by molar-refractivity contribution is 0.0215. The van der Waals surface area contributed by atoms with Crippen molar-refractivity contribution in [2.24, 2.45) is 0 Å². The number of hydrogen-bond acceptors (Lipinski definition) is 3. The summed E-state index contributed by atoms with van der Waals surface area (Å²) in [6.07, 6.45) is 9.96. The van der Waals surface area contributed by atoms with Gasteiger partial charge in [0.25, 0.3) is 0 Å². The van der Waals surface area contributed by atoms with E-state index in [0.29, 0.717) is 12.7 Å². The first-order valence-corrected chi connectivity index (χ1v) is 6.71. The summed E-state index contributed by atoms with van der Waals surface area (Å²) in [5, 5.41) is 3.14. The minimum absolute atomic E-state index is 0.435. The molecule has 0 aromatic carbocycles. The van der Waals surface area contributed by atoms with Gasteiger partial charge < -0.3 is 14.5 Å². The van der Waals surface area contributed by atoms with Gasteiger partial charge in [0.1, 0.15) is 12.4 Å². The second kappa shape index (κ2) is 6.82. The van der Waals surface area contributed by atoms with Crippen LogP contribution in [0.4, 0.5) is 0 Å². The summed E-state index contributed by atoms with van der Waals surface area (Å²) in [6.45, 7) is 1.47. The Labute approximate surface area is 104 Å². The third kappa shape index (κ3) is 3.86. The van der Waals surface area contributed by atoms with Crippen LogP contribution in [0.1, 0.15) is 49.8 Å². The lowest BCUT2D eigenvalue weighted by atomic mass is 10.1. The van der Waals surface area contributed by atoms with E-state index in [1.165, 1.54) is 44.1 Å². The van der Waals surface area contributed by atoms with E-state index < -0.39 is 0 Å². The molecule has 2 rings (SSSR count). The first-order valence-electron chi connectivity index (χ1n) is 6.71. The van der Waals surface area contributed by atoms with E-state index in [1.54, 1.807) is 6.26 Å². The molecule has 3 nitrogen and oxygen atoms in total. The molecule has 17 heavy (non-hydrogen) atoms. The van der Waals surface area contributed by atoms with Gasteiger partial charge in [0.05, 0.1) is 12.4 Å². The fraction of sp³-hybridized carbons (Fsp3) is 0.714. The second-order valence-corrected chi connectivity index (χ2v) is 4.82. The van der Waals surface area contributed by atoms with Crippen molar-refractivity contribution in [3.63, 3.8) is 0 Å². The van der Waals surface area contributed by atoms with Gasteiger partial charge in [-0.3, -0.25) is 0 Å². The molecule has 1 N–H and O–H groups in total. The maximum Gasteiger partial charge on any atom is 0.133 e. The van der Waals surface area contributed by atoms with Crippen LogP contribution in [0.15, 0.2) is 16.7 Å². The van der Waals surface area contributed by atoms with E-state index in [2.05, 4.69) is 5.32 Å². The molecule has 0 unspecified atom stereocenters. The van der Waals surface area contributed by atoms with Crippen molar-refractivity contribution in [3.8, 4) is 0 Å². The fourth-order valence-corrected chi connectivity index (χ4v) is 2.44. The number of rotatable bonds is 5. The molecule has 0 spiro atoms. The highest BCUT2D eigenvalue weighted by atomic mass is 16.5. The molecule has 3 heteroatoms. The fourth-order valence-electron chi connectivity index (χ4n) is 2.44. The van der Waals surface area contributed by atoms with Gasteiger partial charge in [-0.25, -0.2) is 0 Å². The third-order valence-electron chi connectivity index (χ3n) is 3.46. The van der Waals surface area contributed by atoms with E-state index in [-0.39, 0.29) is 0 Å². The minimum atomic E-state index is 0.435. The first-order chi connectivity index (χ1) is 8.40. The van der Waals surface area contributed by atoms with Gasteiger partial charge in [-0.2, -0.15) is 0 Å². The highest BCUT2D eigenvalue weighted by Gasteiger charge is 2.14. The standard InChI is InChI=1S/C14H23NO2/c1-15-10-12-8-9-16-14(12)11-17-13-6-4-2-3-5-7-13/h8-9,13,15H,2-7,10-11H2,1H3. The van der Waals surface area contributed by atoms with Crippen molar-refractivity contribution in [2.75, 3.05) is 7.05 Å². The topological polar surface area (TPSA) is 34.4 Å². The van der Waals surface area contributed by atoms with Crippen molar-refractivity contribution < 1.29 is 9.15 Å². The van der Waals surface area contributed by atoms with Crippen LogP contribution >= 0.6 is 0 Å². The van der Waals surface area contributed by atoms with Crippen molar-refractivity contribution >= 4 is 0 Å². The van der Waals surface area contributed by atoms with E-state index in [4.69, 9.17) is 9.15 Å². The van der Waals surface area contributed by atoms with E-state index in [1.807, 2.05) is 13.1 Å². The Kier molecular flexibility index (Phi) is 5.08. The average Bonchev–Trinajstić information content (AvgIpc) is 2.63. The Balaban J connectivity index is 1.81. The summed E-state index contributed by atoms with van der Waals surface area (Å²) < 4.78 is 11.4. The predicted octanol–water partition coefficient (Wildman–Crippen LogP) is 3.24. The Bertz CT molecular complexity index is 314. The molecule has 1 heterocycles. The predicted molar refractivity (Wildman–Crippen MR) is 67.8 cm³/mol. The summed E-state index contributed by atoms with van der Waals surface area (Å²) in [4.78, 5) is 0. The summed E-state index contributed by atoms with van der Waals surface area (Å²) in [7, 11) is 1.95. The highest BCUT2D eigenvalue weighted by Crippen LogP contribution is 2.21. The molecule has 1 aliphatic carbocycles. The molecule has 0 amide bonds. The van der Waals surface area contributed by atoms with Gasteiger partial charge in [0, 0.05) is 12.1 Å². The summed E-state index contributed by atoms with van der Waals surface area (Å²) >= 11 is 0. The zero-order chi connectivity index (χ0) is 11.9. The van der Waals surface area contributed by atoms with E-state index >= 15 is 0 Å². The van der Waals surface area contributed by atoms with Crippen LogP contribution in [0.25, 0.3) is 0 Å². The van der Waals surface area contributed by atoms with Crippen molar-refractivity contribution in [1.29, 1.82) is 0 Å². The van der Waals surface area contributed by atoms with Crippen LogP contribution in [-0.2, 0) is 17.9 Å². The second-order valence-electron chi connectivity index (χ2n) is 4.82. The van der Waals surface area contributed by atoms with Gasteiger partial charge in [0.15, 0.2) is 0 Å². The number of hydrogen-bond donors (Lipinski definition) is 1. The lowest BCUT2D eigenvalue weighted by Crippen LogP contribution is -2.13. The van der Waals surface area contributed by atoms with Crippen LogP contribution in [0.2, 0.25) is 0 Å². The van der Waals surface area contributed by atoms with Gasteiger partial charge in [-0.1, -0.05) is 25.7 Å². The average molecular weight is 237 g/mol. The molecule has 1 saturated carbocycles. The zero-order valence-electron chi connectivity index (χ0n) is 10.7. The third-order valence-corrected chi connectivity index (χ3v) is 3.46. The number of nitrogens with one attached hydrogen (secondary N) is 1. The first kappa shape index (κ1) is 12.7.